The molecule has 3 rings (SSSR count). The molecule has 0 spiro atoms. The molecule has 2 fully saturated rings. The highest BCUT2D eigenvalue weighted by molar-refractivity contribution is 9.10. The molecule has 1 aliphatic carbocycles. The fourth-order valence-corrected chi connectivity index (χ4v) is 3.76. The minimum Gasteiger partial charge on any atom is -0.393 e. The van der Waals surface area contributed by atoms with Crippen molar-refractivity contribution in [3.8, 4) is 0 Å². The molecule has 3 atom stereocenters. The lowest BCUT2D eigenvalue weighted by Gasteiger charge is -2.19. The first-order chi connectivity index (χ1) is 9.06. The smallest absolute Gasteiger partial charge is 0.255 e. The molecule has 19 heavy (non-hydrogen) atoms. The van der Waals surface area contributed by atoms with Gasteiger partial charge >= 0.3 is 0 Å². The number of benzene rings is 1. The summed E-state index contributed by atoms with van der Waals surface area (Å²) in [4.78, 5) is 14.2. The highest BCUT2D eigenvalue weighted by Crippen LogP contribution is 2.38. The van der Waals surface area contributed by atoms with Gasteiger partial charge in [0.1, 0.15) is 5.82 Å². The van der Waals surface area contributed by atoms with Crippen LogP contribution in [0.5, 0.6) is 0 Å². The Labute approximate surface area is 119 Å². The van der Waals surface area contributed by atoms with E-state index in [4.69, 9.17) is 0 Å². The average molecular weight is 328 g/mol. The van der Waals surface area contributed by atoms with Crippen LogP contribution in [0.25, 0.3) is 0 Å². The number of aliphatic hydroxyl groups excluding tert-OH is 1. The van der Waals surface area contributed by atoms with Crippen LogP contribution in [0.1, 0.15) is 23.2 Å². The van der Waals surface area contributed by atoms with Crippen molar-refractivity contribution in [3.05, 3.63) is 34.1 Å². The third kappa shape index (κ3) is 2.30. The van der Waals surface area contributed by atoms with Crippen LogP contribution in [0.3, 0.4) is 0 Å². The number of amides is 1. The number of hydrogen-bond acceptors (Lipinski definition) is 2. The maximum atomic E-state index is 13.0. The number of nitrogens with zero attached hydrogens (tertiary/aromatic N) is 1. The van der Waals surface area contributed by atoms with Crippen molar-refractivity contribution in [3.63, 3.8) is 0 Å². The highest BCUT2D eigenvalue weighted by atomic mass is 79.9. The van der Waals surface area contributed by atoms with Crippen LogP contribution in [0.15, 0.2) is 22.7 Å². The molecule has 102 valence electrons. The Hall–Kier alpha value is -0.940. The molecule has 0 aromatic heterocycles. The van der Waals surface area contributed by atoms with Crippen LogP contribution in [0.4, 0.5) is 4.39 Å². The predicted molar refractivity (Wildman–Crippen MR) is 72.2 cm³/mol. The second-order valence-electron chi connectivity index (χ2n) is 5.40. The third-order valence-electron chi connectivity index (χ3n) is 4.27. The molecule has 1 amide bonds. The van der Waals surface area contributed by atoms with Crippen molar-refractivity contribution in [2.45, 2.75) is 18.9 Å². The SMILES string of the molecule is O=C(c1ccc(F)cc1Br)N1CC2CCC(O)C2C1. The maximum Gasteiger partial charge on any atom is 0.255 e. The molecule has 1 aliphatic heterocycles. The summed E-state index contributed by atoms with van der Waals surface area (Å²) in [5.41, 5.74) is 0.482. The first-order valence-electron chi connectivity index (χ1n) is 6.48. The molecule has 1 N–H and O–H groups in total. The van der Waals surface area contributed by atoms with Crippen molar-refractivity contribution in [1.82, 2.24) is 4.90 Å². The van der Waals surface area contributed by atoms with E-state index in [2.05, 4.69) is 15.9 Å². The summed E-state index contributed by atoms with van der Waals surface area (Å²) in [7, 11) is 0. The fourth-order valence-electron chi connectivity index (χ4n) is 3.24. The molecule has 5 heteroatoms. The van der Waals surface area contributed by atoms with Crippen LogP contribution in [0, 0.1) is 17.7 Å². The van der Waals surface area contributed by atoms with Crippen LogP contribution in [-0.2, 0) is 0 Å². The number of rotatable bonds is 1. The highest BCUT2D eigenvalue weighted by Gasteiger charge is 2.43. The number of aliphatic hydroxyl groups is 1. The molecule has 1 aromatic rings. The molecule has 1 aromatic carbocycles. The molecule has 1 heterocycles. The summed E-state index contributed by atoms with van der Waals surface area (Å²) in [6.45, 7) is 1.30. The van der Waals surface area contributed by atoms with Crippen molar-refractivity contribution < 1.29 is 14.3 Å². The van der Waals surface area contributed by atoms with Gasteiger partial charge in [-0.15, -0.1) is 0 Å². The number of fused-ring (bicyclic) bond motifs is 1. The van der Waals surface area contributed by atoms with Gasteiger partial charge in [0.15, 0.2) is 0 Å². The zero-order valence-corrected chi connectivity index (χ0v) is 11.9. The number of carbonyl (C=O) groups excluding carboxylic acids is 1. The third-order valence-corrected chi connectivity index (χ3v) is 4.92. The van der Waals surface area contributed by atoms with E-state index >= 15 is 0 Å². The van der Waals surface area contributed by atoms with Gasteiger partial charge in [0.05, 0.1) is 11.7 Å². The van der Waals surface area contributed by atoms with Gasteiger partial charge in [-0.3, -0.25) is 4.79 Å². The van der Waals surface area contributed by atoms with Gasteiger partial charge in [-0.25, -0.2) is 4.39 Å². The van der Waals surface area contributed by atoms with Crippen LogP contribution < -0.4 is 0 Å². The lowest BCUT2D eigenvalue weighted by atomic mass is 10.00. The largest absolute Gasteiger partial charge is 0.393 e. The monoisotopic (exact) mass is 327 g/mol. The summed E-state index contributed by atoms with van der Waals surface area (Å²) < 4.78 is 13.5. The van der Waals surface area contributed by atoms with Crippen molar-refractivity contribution in [2.75, 3.05) is 13.1 Å². The van der Waals surface area contributed by atoms with E-state index < -0.39 is 0 Å². The Morgan fingerprint density at radius 3 is 2.84 bits per heavy atom. The van der Waals surface area contributed by atoms with E-state index in [9.17, 15) is 14.3 Å². The molecule has 3 unspecified atom stereocenters. The van der Waals surface area contributed by atoms with Crippen LogP contribution >= 0.6 is 15.9 Å². The summed E-state index contributed by atoms with van der Waals surface area (Å²) in [5, 5.41) is 9.86. The Morgan fingerprint density at radius 1 is 1.37 bits per heavy atom. The number of carbonyl (C=O) groups is 1. The number of likely N-dealkylation sites (tertiary alicyclic amines) is 1. The molecule has 1 saturated carbocycles. The summed E-state index contributed by atoms with van der Waals surface area (Å²) in [6, 6.07) is 4.11. The second kappa shape index (κ2) is 4.87. The molecular weight excluding hydrogens is 313 g/mol. The fraction of sp³-hybridized carbons (Fsp3) is 0.500. The van der Waals surface area contributed by atoms with Gasteiger partial charge in [-0.2, -0.15) is 0 Å². The predicted octanol–water partition coefficient (Wildman–Crippen LogP) is 2.43. The Morgan fingerprint density at radius 2 is 2.16 bits per heavy atom. The lowest BCUT2D eigenvalue weighted by Crippen LogP contribution is -2.31. The quantitative estimate of drug-likeness (QED) is 0.860. The number of halogens is 2. The topological polar surface area (TPSA) is 40.5 Å². The summed E-state index contributed by atoms with van der Waals surface area (Å²) in [5.74, 6) is 0.173. The van der Waals surface area contributed by atoms with Crippen LogP contribution in [-0.4, -0.2) is 35.1 Å². The van der Waals surface area contributed by atoms with Gasteiger partial charge in [0, 0.05) is 23.5 Å². The van der Waals surface area contributed by atoms with Crippen LogP contribution in [0.2, 0.25) is 0 Å². The molecule has 2 aliphatic rings. The van der Waals surface area contributed by atoms with E-state index in [1.165, 1.54) is 18.2 Å². The maximum absolute atomic E-state index is 13.0. The first-order valence-corrected chi connectivity index (χ1v) is 7.28. The van der Waals surface area contributed by atoms with Gasteiger partial charge < -0.3 is 10.0 Å². The summed E-state index contributed by atoms with van der Waals surface area (Å²) in [6.07, 6.45) is 1.55. The molecule has 3 nitrogen and oxygen atoms in total. The van der Waals surface area contributed by atoms with E-state index in [1.807, 2.05) is 0 Å². The lowest BCUT2D eigenvalue weighted by molar-refractivity contribution is 0.0751. The Bertz CT molecular complexity index is 522. The standard InChI is InChI=1S/C14H15BrFNO2/c15-12-5-9(16)2-3-10(12)14(19)17-6-8-1-4-13(18)11(8)7-17/h2-3,5,8,11,13,18H,1,4,6-7H2. The normalized spacial score (nSPS) is 29.6. The minimum absolute atomic E-state index is 0.0894. The van der Waals surface area contributed by atoms with E-state index in [-0.39, 0.29) is 23.7 Å². The van der Waals surface area contributed by atoms with E-state index in [1.54, 1.807) is 4.90 Å². The zero-order chi connectivity index (χ0) is 13.6. The number of hydrogen-bond donors (Lipinski definition) is 1. The first kappa shape index (κ1) is 13.1. The Kier molecular flexibility index (Phi) is 3.35. The van der Waals surface area contributed by atoms with E-state index in [0.717, 1.165) is 12.8 Å². The van der Waals surface area contributed by atoms with Crippen molar-refractivity contribution in [1.29, 1.82) is 0 Å². The summed E-state index contributed by atoms with van der Waals surface area (Å²) >= 11 is 3.23. The molecule has 0 radical (unpaired) electrons. The molecular formula is C14H15BrFNO2. The zero-order valence-electron chi connectivity index (χ0n) is 10.4. The molecule has 1 saturated heterocycles. The average Bonchev–Trinajstić information content (AvgIpc) is 2.91. The molecule has 0 bridgehead atoms. The van der Waals surface area contributed by atoms with Crippen molar-refractivity contribution >= 4 is 21.8 Å². The second-order valence-corrected chi connectivity index (χ2v) is 6.26. The van der Waals surface area contributed by atoms with Gasteiger partial charge in [0.2, 0.25) is 0 Å². The minimum atomic E-state index is -0.364. The van der Waals surface area contributed by atoms with Gasteiger partial charge in [-0.1, -0.05) is 0 Å². The Balaban J connectivity index is 1.78. The van der Waals surface area contributed by atoms with Gasteiger partial charge in [-0.05, 0) is 52.9 Å². The van der Waals surface area contributed by atoms with Crippen molar-refractivity contribution in [2.24, 2.45) is 11.8 Å². The van der Waals surface area contributed by atoms with E-state index in [0.29, 0.717) is 29.0 Å². The van der Waals surface area contributed by atoms with Gasteiger partial charge in [0.25, 0.3) is 5.91 Å².